The fourth-order valence-corrected chi connectivity index (χ4v) is 2.09. The second kappa shape index (κ2) is 4.85. The van der Waals surface area contributed by atoms with Crippen LogP contribution in [0, 0.1) is 5.82 Å². The first-order chi connectivity index (χ1) is 8.08. The fraction of sp³-hybridized carbons (Fsp3) is 0.273. The van der Waals surface area contributed by atoms with E-state index in [4.69, 9.17) is 0 Å². The fourth-order valence-electron chi connectivity index (χ4n) is 1.32. The third kappa shape index (κ3) is 2.65. The zero-order valence-corrected chi connectivity index (χ0v) is 10.3. The molecule has 0 aliphatic heterocycles. The quantitative estimate of drug-likeness (QED) is 0.910. The van der Waals surface area contributed by atoms with Gasteiger partial charge in [-0.05, 0) is 36.4 Å². The highest BCUT2D eigenvalue weighted by Gasteiger charge is 2.10. The summed E-state index contributed by atoms with van der Waals surface area (Å²) in [4.78, 5) is 0.463. The molecule has 0 radical (unpaired) electrons. The Morgan fingerprint density at radius 3 is 2.76 bits per heavy atom. The summed E-state index contributed by atoms with van der Waals surface area (Å²) in [5, 5.41) is 17.6. The molecule has 0 bridgehead atoms. The summed E-state index contributed by atoms with van der Waals surface area (Å²) in [7, 11) is 1.80. The molecular weight excluding hydrogens is 241 g/mol. The lowest BCUT2D eigenvalue weighted by Crippen LogP contribution is -1.94. The number of aromatic nitrogens is 3. The molecule has 6 heteroatoms. The molecule has 0 saturated carbocycles. The van der Waals surface area contributed by atoms with E-state index in [0.29, 0.717) is 15.6 Å². The highest BCUT2D eigenvalue weighted by Crippen LogP contribution is 2.29. The average Bonchev–Trinajstić information content (AvgIpc) is 2.67. The average molecular weight is 253 g/mol. The van der Waals surface area contributed by atoms with Crippen molar-refractivity contribution in [3.8, 4) is 0 Å². The van der Waals surface area contributed by atoms with Crippen LogP contribution in [0.4, 0.5) is 4.39 Å². The van der Waals surface area contributed by atoms with Gasteiger partial charge in [-0.2, -0.15) is 0 Å². The molecule has 0 fully saturated rings. The lowest BCUT2D eigenvalue weighted by atomic mass is 10.1. The van der Waals surface area contributed by atoms with Crippen molar-refractivity contribution in [2.24, 2.45) is 7.05 Å². The van der Waals surface area contributed by atoms with Crippen LogP contribution in [0.5, 0.6) is 0 Å². The van der Waals surface area contributed by atoms with Crippen LogP contribution >= 0.6 is 11.8 Å². The van der Waals surface area contributed by atoms with Crippen molar-refractivity contribution < 1.29 is 9.50 Å². The third-order valence-electron chi connectivity index (χ3n) is 2.31. The summed E-state index contributed by atoms with van der Waals surface area (Å²) in [6.45, 7) is 1.60. The molecule has 0 saturated heterocycles. The largest absolute Gasteiger partial charge is 0.389 e. The van der Waals surface area contributed by atoms with E-state index in [1.54, 1.807) is 37.0 Å². The van der Waals surface area contributed by atoms with Crippen molar-refractivity contribution in [2.45, 2.75) is 23.1 Å². The molecule has 1 aromatic heterocycles. The zero-order valence-electron chi connectivity index (χ0n) is 9.46. The number of halogens is 1. The molecule has 0 spiro atoms. The van der Waals surface area contributed by atoms with Crippen LogP contribution in [0.25, 0.3) is 0 Å². The lowest BCUT2D eigenvalue weighted by Gasteiger charge is -2.07. The number of aryl methyl sites for hydroxylation is 1. The molecular formula is C11H12FN3OS. The standard InChI is InChI=1S/C11H12FN3OS/c1-7(16)8-3-4-10(9(12)5-8)17-11-14-13-6-15(11)2/h3-7,16H,1-2H3. The topological polar surface area (TPSA) is 50.9 Å². The minimum absolute atomic E-state index is 0.364. The number of benzene rings is 1. The molecule has 2 aromatic rings. The maximum Gasteiger partial charge on any atom is 0.195 e. The van der Waals surface area contributed by atoms with E-state index in [9.17, 15) is 9.50 Å². The van der Waals surface area contributed by atoms with Crippen LogP contribution in [0.15, 0.2) is 34.6 Å². The Hall–Kier alpha value is -1.40. The van der Waals surface area contributed by atoms with Gasteiger partial charge in [-0.3, -0.25) is 0 Å². The summed E-state index contributed by atoms with van der Waals surface area (Å²) >= 11 is 1.20. The molecule has 90 valence electrons. The monoisotopic (exact) mass is 253 g/mol. The lowest BCUT2D eigenvalue weighted by molar-refractivity contribution is 0.198. The third-order valence-corrected chi connectivity index (χ3v) is 3.41. The second-order valence-electron chi connectivity index (χ2n) is 3.69. The Bertz CT molecular complexity index is 527. The normalized spacial score (nSPS) is 12.7. The van der Waals surface area contributed by atoms with Gasteiger partial charge in [0, 0.05) is 7.05 Å². The van der Waals surface area contributed by atoms with Crippen LogP contribution in [0.1, 0.15) is 18.6 Å². The van der Waals surface area contributed by atoms with E-state index in [1.807, 2.05) is 0 Å². The van der Waals surface area contributed by atoms with Crippen LogP contribution in [0.3, 0.4) is 0 Å². The molecule has 17 heavy (non-hydrogen) atoms. The van der Waals surface area contributed by atoms with E-state index >= 15 is 0 Å². The van der Waals surface area contributed by atoms with Gasteiger partial charge in [-0.1, -0.05) is 6.07 Å². The highest BCUT2D eigenvalue weighted by atomic mass is 32.2. The Labute approximate surface area is 102 Å². The van der Waals surface area contributed by atoms with E-state index in [1.165, 1.54) is 17.8 Å². The summed E-state index contributed by atoms with van der Waals surface area (Å²) in [5.74, 6) is -0.364. The summed E-state index contributed by atoms with van der Waals surface area (Å²) in [6, 6.07) is 4.67. The first-order valence-corrected chi connectivity index (χ1v) is 5.89. The summed E-state index contributed by atoms with van der Waals surface area (Å²) < 4.78 is 15.5. The predicted molar refractivity (Wildman–Crippen MR) is 62.2 cm³/mol. The molecule has 1 atom stereocenters. The van der Waals surface area contributed by atoms with E-state index in [-0.39, 0.29) is 5.82 Å². The summed E-state index contributed by atoms with van der Waals surface area (Å²) in [5.41, 5.74) is 0.560. The smallest absolute Gasteiger partial charge is 0.195 e. The van der Waals surface area contributed by atoms with Gasteiger partial charge >= 0.3 is 0 Å². The number of hydrogen-bond donors (Lipinski definition) is 1. The van der Waals surface area contributed by atoms with Gasteiger partial charge in [-0.25, -0.2) is 4.39 Å². The number of aliphatic hydroxyl groups is 1. The molecule has 0 aliphatic rings. The Morgan fingerprint density at radius 2 is 2.24 bits per heavy atom. The minimum atomic E-state index is -0.668. The van der Waals surface area contributed by atoms with Crippen molar-refractivity contribution in [1.82, 2.24) is 14.8 Å². The first kappa shape index (κ1) is 12.1. The van der Waals surface area contributed by atoms with Crippen LogP contribution < -0.4 is 0 Å². The van der Waals surface area contributed by atoms with Crippen molar-refractivity contribution >= 4 is 11.8 Å². The van der Waals surface area contributed by atoms with Gasteiger partial charge in [0.15, 0.2) is 5.16 Å². The number of rotatable bonds is 3. The Kier molecular flexibility index (Phi) is 3.44. The van der Waals surface area contributed by atoms with Crippen molar-refractivity contribution in [3.05, 3.63) is 35.9 Å². The minimum Gasteiger partial charge on any atom is -0.389 e. The number of nitrogens with zero attached hydrogens (tertiary/aromatic N) is 3. The van der Waals surface area contributed by atoms with Crippen LogP contribution in [-0.4, -0.2) is 19.9 Å². The molecule has 0 amide bonds. The highest BCUT2D eigenvalue weighted by molar-refractivity contribution is 7.99. The molecule has 1 unspecified atom stereocenters. The van der Waals surface area contributed by atoms with E-state index in [0.717, 1.165) is 0 Å². The maximum atomic E-state index is 13.7. The van der Waals surface area contributed by atoms with Crippen molar-refractivity contribution in [3.63, 3.8) is 0 Å². The summed E-state index contributed by atoms with van der Waals surface area (Å²) in [6.07, 6.45) is 0.892. The first-order valence-electron chi connectivity index (χ1n) is 5.07. The second-order valence-corrected chi connectivity index (χ2v) is 4.70. The van der Waals surface area contributed by atoms with Gasteiger partial charge in [0.2, 0.25) is 0 Å². The predicted octanol–water partition coefficient (Wildman–Crippen LogP) is 2.16. The Morgan fingerprint density at radius 1 is 1.47 bits per heavy atom. The maximum absolute atomic E-state index is 13.7. The molecule has 2 rings (SSSR count). The van der Waals surface area contributed by atoms with Crippen LogP contribution in [0.2, 0.25) is 0 Å². The van der Waals surface area contributed by atoms with Crippen molar-refractivity contribution in [2.75, 3.05) is 0 Å². The van der Waals surface area contributed by atoms with E-state index < -0.39 is 6.10 Å². The van der Waals surface area contributed by atoms with E-state index in [2.05, 4.69) is 10.2 Å². The Balaban J connectivity index is 2.26. The van der Waals surface area contributed by atoms with Gasteiger partial charge in [-0.15, -0.1) is 10.2 Å². The van der Waals surface area contributed by atoms with Crippen molar-refractivity contribution in [1.29, 1.82) is 0 Å². The van der Waals surface area contributed by atoms with Gasteiger partial charge in [0.1, 0.15) is 12.1 Å². The zero-order chi connectivity index (χ0) is 12.4. The number of hydrogen-bond acceptors (Lipinski definition) is 4. The molecule has 1 aromatic carbocycles. The molecule has 0 aliphatic carbocycles. The molecule has 4 nitrogen and oxygen atoms in total. The molecule has 1 N–H and O–H groups in total. The van der Waals surface area contributed by atoms with Gasteiger partial charge < -0.3 is 9.67 Å². The SMILES string of the molecule is CC(O)c1ccc(Sc2nncn2C)c(F)c1. The van der Waals surface area contributed by atoms with Gasteiger partial charge in [0.05, 0.1) is 11.0 Å². The number of aliphatic hydroxyl groups excluding tert-OH is 1. The van der Waals surface area contributed by atoms with Crippen LogP contribution in [-0.2, 0) is 7.05 Å². The van der Waals surface area contributed by atoms with Gasteiger partial charge in [0.25, 0.3) is 0 Å². The molecule has 1 heterocycles.